The van der Waals surface area contributed by atoms with Gasteiger partial charge in [-0.3, -0.25) is 4.79 Å². The second kappa shape index (κ2) is 9.26. The van der Waals surface area contributed by atoms with Gasteiger partial charge in [0.05, 0.1) is 18.8 Å². The quantitative estimate of drug-likeness (QED) is 0.597. The molecule has 2 aromatic heterocycles. The molecule has 5 rings (SSSR count). The molecule has 0 atom stereocenters. The van der Waals surface area contributed by atoms with Crippen molar-refractivity contribution in [2.75, 3.05) is 44.3 Å². The van der Waals surface area contributed by atoms with Crippen LogP contribution in [0, 0.1) is 5.92 Å². The van der Waals surface area contributed by atoms with Crippen molar-refractivity contribution in [3.05, 3.63) is 47.6 Å². The van der Waals surface area contributed by atoms with Crippen LogP contribution in [-0.4, -0.2) is 65.3 Å². The average molecular weight is 454 g/mol. The molecule has 3 aromatic rings. The molecule has 8 nitrogen and oxygen atoms in total. The monoisotopic (exact) mass is 453 g/mol. The molecule has 2 aliphatic rings. The van der Waals surface area contributed by atoms with Crippen LogP contribution in [0.1, 0.15) is 12.8 Å². The summed E-state index contributed by atoms with van der Waals surface area (Å²) in [6, 6.07) is 11.1. The first-order valence-corrected chi connectivity index (χ1v) is 11.2. The molecular weight excluding hydrogens is 430 g/mol. The summed E-state index contributed by atoms with van der Waals surface area (Å²) in [7, 11) is 0. The molecule has 0 bridgehead atoms. The molecule has 0 unspecified atom stereocenters. The molecular formula is C23H24ClN5O3. The minimum atomic E-state index is 0.0503. The third kappa shape index (κ3) is 4.33. The van der Waals surface area contributed by atoms with Crippen LogP contribution in [0.15, 0.2) is 47.1 Å². The number of benzene rings is 1. The zero-order valence-corrected chi connectivity index (χ0v) is 18.4. The molecule has 166 valence electrons. The fraction of sp³-hybridized carbons (Fsp3) is 0.391. The smallest absolute Gasteiger partial charge is 0.261 e. The molecule has 0 spiro atoms. The zero-order valence-electron chi connectivity index (χ0n) is 17.6. The predicted molar refractivity (Wildman–Crippen MR) is 120 cm³/mol. The van der Waals surface area contributed by atoms with Crippen molar-refractivity contribution in [3.63, 3.8) is 0 Å². The van der Waals surface area contributed by atoms with Crippen molar-refractivity contribution in [1.82, 2.24) is 20.0 Å². The standard InChI is InChI=1S/C23H24ClN5O3/c24-18-4-1-3-17(15-18)20-26-22(32-27-20)19-5-2-8-25-21(19)28-9-6-16(7-10-28)23(30)29-11-13-31-14-12-29/h1-5,8,15-16H,6-7,9-14H2. The number of morpholine rings is 1. The first-order chi connectivity index (χ1) is 15.7. The maximum atomic E-state index is 12.8. The number of ether oxygens (including phenoxy) is 1. The van der Waals surface area contributed by atoms with Gasteiger partial charge >= 0.3 is 0 Å². The van der Waals surface area contributed by atoms with Crippen molar-refractivity contribution < 1.29 is 14.1 Å². The van der Waals surface area contributed by atoms with Gasteiger partial charge < -0.3 is 19.1 Å². The molecule has 2 fully saturated rings. The van der Waals surface area contributed by atoms with Crippen molar-refractivity contribution in [1.29, 1.82) is 0 Å². The molecule has 2 saturated heterocycles. The van der Waals surface area contributed by atoms with E-state index in [2.05, 4.69) is 20.0 Å². The van der Waals surface area contributed by atoms with E-state index in [4.69, 9.17) is 20.9 Å². The molecule has 2 aliphatic heterocycles. The van der Waals surface area contributed by atoms with E-state index in [9.17, 15) is 4.79 Å². The minimum absolute atomic E-state index is 0.0503. The summed E-state index contributed by atoms with van der Waals surface area (Å²) in [5.41, 5.74) is 1.58. The Morgan fingerprint density at radius 1 is 1.06 bits per heavy atom. The molecule has 0 aliphatic carbocycles. The number of anilines is 1. The molecule has 1 amide bonds. The Bertz CT molecular complexity index is 1090. The maximum absolute atomic E-state index is 12.8. The molecule has 4 heterocycles. The lowest BCUT2D eigenvalue weighted by molar-refractivity contribution is -0.140. The zero-order chi connectivity index (χ0) is 21.9. The lowest BCUT2D eigenvalue weighted by Crippen LogP contribution is -2.47. The van der Waals surface area contributed by atoms with Gasteiger partial charge in [0.25, 0.3) is 5.89 Å². The Morgan fingerprint density at radius 2 is 1.88 bits per heavy atom. The van der Waals surface area contributed by atoms with E-state index in [1.165, 1.54) is 0 Å². The van der Waals surface area contributed by atoms with Crippen LogP contribution in [0.4, 0.5) is 5.82 Å². The summed E-state index contributed by atoms with van der Waals surface area (Å²) < 4.78 is 10.9. The highest BCUT2D eigenvalue weighted by Crippen LogP contribution is 2.32. The number of pyridine rings is 1. The first kappa shape index (κ1) is 20.9. The number of carbonyl (C=O) groups is 1. The largest absolute Gasteiger partial charge is 0.378 e. The van der Waals surface area contributed by atoms with Gasteiger partial charge in [-0.15, -0.1) is 0 Å². The summed E-state index contributed by atoms with van der Waals surface area (Å²) >= 11 is 6.09. The van der Waals surface area contributed by atoms with E-state index in [0.717, 1.165) is 42.9 Å². The summed E-state index contributed by atoms with van der Waals surface area (Å²) in [6.45, 7) is 4.14. The number of aromatic nitrogens is 3. The number of carbonyl (C=O) groups excluding carboxylic acids is 1. The van der Waals surface area contributed by atoms with Gasteiger partial charge in [-0.05, 0) is 37.1 Å². The number of nitrogens with zero attached hydrogens (tertiary/aromatic N) is 5. The van der Waals surface area contributed by atoms with E-state index >= 15 is 0 Å². The number of amides is 1. The van der Waals surface area contributed by atoms with Crippen LogP contribution >= 0.6 is 11.6 Å². The van der Waals surface area contributed by atoms with Crippen LogP contribution in [-0.2, 0) is 9.53 Å². The van der Waals surface area contributed by atoms with Gasteiger partial charge in [0.2, 0.25) is 11.7 Å². The summed E-state index contributed by atoms with van der Waals surface area (Å²) in [4.78, 5) is 26.1. The van der Waals surface area contributed by atoms with Crippen molar-refractivity contribution in [2.45, 2.75) is 12.8 Å². The lowest BCUT2D eigenvalue weighted by Gasteiger charge is -2.36. The predicted octanol–water partition coefficient (Wildman–Crippen LogP) is 3.53. The minimum Gasteiger partial charge on any atom is -0.378 e. The highest BCUT2D eigenvalue weighted by molar-refractivity contribution is 6.30. The SMILES string of the molecule is O=C(C1CCN(c2ncccc2-c2nc(-c3cccc(Cl)c3)no2)CC1)N1CCOCC1. The van der Waals surface area contributed by atoms with Crippen LogP contribution < -0.4 is 4.90 Å². The van der Waals surface area contributed by atoms with E-state index in [1.54, 1.807) is 18.3 Å². The highest BCUT2D eigenvalue weighted by Gasteiger charge is 2.31. The summed E-state index contributed by atoms with van der Waals surface area (Å²) in [6.07, 6.45) is 3.35. The van der Waals surface area contributed by atoms with Crippen molar-refractivity contribution >= 4 is 23.3 Å². The maximum Gasteiger partial charge on any atom is 0.261 e. The molecule has 9 heteroatoms. The Labute approximate surface area is 191 Å². The molecule has 0 saturated carbocycles. The topological polar surface area (TPSA) is 84.6 Å². The van der Waals surface area contributed by atoms with Gasteiger partial charge in [-0.25, -0.2) is 4.98 Å². The third-order valence-corrected chi connectivity index (χ3v) is 6.23. The van der Waals surface area contributed by atoms with Crippen LogP contribution in [0.5, 0.6) is 0 Å². The van der Waals surface area contributed by atoms with E-state index in [-0.39, 0.29) is 11.8 Å². The fourth-order valence-corrected chi connectivity index (χ4v) is 4.46. The van der Waals surface area contributed by atoms with Gasteiger partial charge in [0.1, 0.15) is 5.82 Å². The molecule has 0 radical (unpaired) electrons. The molecule has 0 N–H and O–H groups in total. The van der Waals surface area contributed by atoms with Crippen molar-refractivity contribution in [3.8, 4) is 22.8 Å². The Balaban J connectivity index is 1.31. The first-order valence-electron chi connectivity index (χ1n) is 10.9. The second-order valence-electron chi connectivity index (χ2n) is 8.01. The fourth-order valence-electron chi connectivity index (χ4n) is 4.27. The van der Waals surface area contributed by atoms with E-state index in [0.29, 0.717) is 43.0 Å². The number of halogens is 1. The third-order valence-electron chi connectivity index (χ3n) is 5.99. The summed E-state index contributed by atoms with van der Waals surface area (Å²) in [5, 5.41) is 4.74. The molecule has 1 aromatic carbocycles. The van der Waals surface area contributed by atoms with Gasteiger partial charge in [-0.1, -0.05) is 28.9 Å². The highest BCUT2D eigenvalue weighted by atomic mass is 35.5. The van der Waals surface area contributed by atoms with E-state index < -0.39 is 0 Å². The second-order valence-corrected chi connectivity index (χ2v) is 8.44. The Kier molecular flexibility index (Phi) is 6.05. The average Bonchev–Trinajstić information content (AvgIpc) is 3.35. The number of rotatable bonds is 4. The number of hydrogen-bond donors (Lipinski definition) is 0. The van der Waals surface area contributed by atoms with Crippen LogP contribution in [0.25, 0.3) is 22.8 Å². The van der Waals surface area contributed by atoms with Gasteiger partial charge in [-0.2, -0.15) is 4.98 Å². The Hall–Kier alpha value is -2.97. The van der Waals surface area contributed by atoms with Crippen molar-refractivity contribution in [2.24, 2.45) is 5.92 Å². The van der Waals surface area contributed by atoms with Gasteiger partial charge in [0, 0.05) is 48.9 Å². The van der Waals surface area contributed by atoms with Crippen LogP contribution in [0.3, 0.4) is 0 Å². The number of hydrogen-bond acceptors (Lipinski definition) is 7. The van der Waals surface area contributed by atoms with E-state index in [1.807, 2.05) is 29.2 Å². The normalized spacial score (nSPS) is 17.5. The van der Waals surface area contributed by atoms with Crippen LogP contribution in [0.2, 0.25) is 5.02 Å². The van der Waals surface area contributed by atoms with Gasteiger partial charge in [0.15, 0.2) is 0 Å². The number of piperidine rings is 1. The molecule has 32 heavy (non-hydrogen) atoms. The lowest BCUT2D eigenvalue weighted by atomic mass is 9.94. The Morgan fingerprint density at radius 3 is 2.66 bits per heavy atom. The summed E-state index contributed by atoms with van der Waals surface area (Å²) in [5.74, 6) is 1.99.